The molecular formula is C24H37NO3. The van der Waals surface area contributed by atoms with Gasteiger partial charge in [-0.1, -0.05) is 18.6 Å². The van der Waals surface area contributed by atoms with Crippen LogP contribution in [0.15, 0.2) is 24.3 Å². The minimum atomic E-state index is 0.0714. The van der Waals surface area contributed by atoms with Gasteiger partial charge in [0, 0.05) is 13.0 Å². The van der Waals surface area contributed by atoms with E-state index < -0.39 is 0 Å². The lowest BCUT2D eigenvalue weighted by Gasteiger charge is -2.29. The summed E-state index contributed by atoms with van der Waals surface area (Å²) < 4.78 is 12.1. The molecule has 4 nitrogen and oxygen atoms in total. The number of amides is 1. The second-order valence-corrected chi connectivity index (χ2v) is 8.89. The van der Waals surface area contributed by atoms with Crippen molar-refractivity contribution in [3.63, 3.8) is 0 Å². The van der Waals surface area contributed by atoms with Crippen molar-refractivity contribution in [3.05, 3.63) is 29.8 Å². The average molecular weight is 388 g/mol. The van der Waals surface area contributed by atoms with Crippen LogP contribution < -0.4 is 10.1 Å². The van der Waals surface area contributed by atoms with Crippen LogP contribution >= 0.6 is 0 Å². The second-order valence-electron chi connectivity index (χ2n) is 8.89. The van der Waals surface area contributed by atoms with Crippen molar-refractivity contribution in [2.75, 3.05) is 6.61 Å². The van der Waals surface area contributed by atoms with E-state index in [4.69, 9.17) is 9.47 Å². The molecule has 4 heteroatoms. The lowest BCUT2D eigenvalue weighted by molar-refractivity contribution is -0.119. The molecule has 0 heterocycles. The molecule has 1 aromatic rings. The molecule has 1 atom stereocenters. The molecular weight excluding hydrogens is 350 g/mol. The van der Waals surface area contributed by atoms with Gasteiger partial charge in [-0.2, -0.15) is 0 Å². The van der Waals surface area contributed by atoms with Crippen LogP contribution in [0.1, 0.15) is 77.2 Å². The van der Waals surface area contributed by atoms with E-state index in [1.165, 1.54) is 44.1 Å². The molecule has 0 bridgehead atoms. The van der Waals surface area contributed by atoms with Gasteiger partial charge in [-0.15, -0.1) is 0 Å². The van der Waals surface area contributed by atoms with Gasteiger partial charge in [-0.05, 0) is 87.8 Å². The molecule has 3 rings (SSSR count). The number of carbonyl (C=O) groups is 1. The van der Waals surface area contributed by atoms with Gasteiger partial charge < -0.3 is 14.8 Å². The molecule has 1 amide bonds. The van der Waals surface area contributed by atoms with Crippen molar-refractivity contribution >= 4 is 5.91 Å². The summed E-state index contributed by atoms with van der Waals surface area (Å²) in [4.78, 5) is 11.1. The smallest absolute Gasteiger partial charge is 0.217 e. The topological polar surface area (TPSA) is 47.6 Å². The first kappa shape index (κ1) is 21.2. The summed E-state index contributed by atoms with van der Waals surface area (Å²) >= 11 is 0. The van der Waals surface area contributed by atoms with Gasteiger partial charge in [0.05, 0.1) is 19.3 Å². The van der Waals surface area contributed by atoms with Crippen LogP contribution in [-0.4, -0.2) is 24.7 Å². The highest BCUT2D eigenvalue weighted by Gasteiger charge is 2.22. The minimum absolute atomic E-state index is 0.0714. The van der Waals surface area contributed by atoms with Crippen molar-refractivity contribution in [3.8, 4) is 5.75 Å². The fourth-order valence-corrected chi connectivity index (χ4v) is 4.30. The van der Waals surface area contributed by atoms with Crippen LogP contribution in [0.2, 0.25) is 0 Å². The zero-order valence-electron chi connectivity index (χ0n) is 17.6. The monoisotopic (exact) mass is 387 g/mol. The molecule has 156 valence electrons. The van der Waals surface area contributed by atoms with E-state index in [9.17, 15) is 4.79 Å². The Hall–Kier alpha value is -1.55. The van der Waals surface area contributed by atoms with Gasteiger partial charge in [-0.25, -0.2) is 0 Å². The largest absolute Gasteiger partial charge is 0.493 e. The zero-order valence-corrected chi connectivity index (χ0v) is 17.6. The first-order chi connectivity index (χ1) is 13.6. The van der Waals surface area contributed by atoms with E-state index in [1.807, 2.05) is 0 Å². The molecule has 28 heavy (non-hydrogen) atoms. The average Bonchev–Trinajstić information content (AvgIpc) is 2.64. The van der Waals surface area contributed by atoms with Crippen LogP contribution in [0.3, 0.4) is 0 Å². The first-order valence-electron chi connectivity index (χ1n) is 11.2. The molecule has 0 aromatic heterocycles. The van der Waals surface area contributed by atoms with E-state index in [2.05, 4.69) is 36.5 Å². The first-order valence-corrected chi connectivity index (χ1v) is 11.2. The Balaban J connectivity index is 1.32. The van der Waals surface area contributed by atoms with Gasteiger partial charge in [0.15, 0.2) is 0 Å². The SMILES string of the molecule is CC(=O)N[C@@H](C)CCC1CCC(OCc2cccc(OCC3CCC3)c2)CC1. The number of hydrogen-bond donors (Lipinski definition) is 1. The highest BCUT2D eigenvalue weighted by atomic mass is 16.5. The number of hydrogen-bond acceptors (Lipinski definition) is 3. The third-order valence-corrected chi connectivity index (χ3v) is 6.35. The van der Waals surface area contributed by atoms with Crippen molar-refractivity contribution in [1.82, 2.24) is 5.32 Å². The lowest BCUT2D eigenvalue weighted by atomic mass is 9.84. The molecule has 0 aliphatic heterocycles. The summed E-state index contributed by atoms with van der Waals surface area (Å²) in [6.45, 7) is 5.22. The Bertz CT molecular complexity index is 606. The quantitative estimate of drug-likeness (QED) is 0.597. The summed E-state index contributed by atoms with van der Waals surface area (Å²) in [5.74, 6) is 2.59. The Labute approximate surface area is 170 Å². The van der Waals surface area contributed by atoms with E-state index in [1.54, 1.807) is 6.92 Å². The van der Waals surface area contributed by atoms with Crippen LogP contribution in [0.5, 0.6) is 5.75 Å². The van der Waals surface area contributed by atoms with Crippen molar-refractivity contribution in [1.29, 1.82) is 0 Å². The van der Waals surface area contributed by atoms with Gasteiger partial charge in [-0.3, -0.25) is 4.79 Å². The Morgan fingerprint density at radius 3 is 2.61 bits per heavy atom. The summed E-state index contributed by atoms with van der Waals surface area (Å²) in [5.41, 5.74) is 1.21. The van der Waals surface area contributed by atoms with Crippen LogP contribution in [0.25, 0.3) is 0 Å². The number of nitrogens with one attached hydrogen (secondary N) is 1. The predicted molar refractivity (Wildman–Crippen MR) is 112 cm³/mol. The summed E-state index contributed by atoms with van der Waals surface area (Å²) in [7, 11) is 0. The molecule has 2 aliphatic rings. The highest BCUT2D eigenvalue weighted by molar-refractivity contribution is 5.73. The number of benzene rings is 1. The molecule has 2 fully saturated rings. The van der Waals surface area contributed by atoms with Crippen molar-refractivity contribution in [2.45, 2.75) is 90.4 Å². The Morgan fingerprint density at radius 2 is 1.93 bits per heavy atom. The molecule has 2 saturated carbocycles. The summed E-state index contributed by atoms with van der Waals surface area (Å²) in [6.07, 6.45) is 11.4. The van der Waals surface area contributed by atoms with E-state index in [-0.39, 0.29) is 11.9 Å². The number of rotatable bonds is 10. The second kappa shape index (κ2) is 10.8. The van der Waals surface area contributed by atoms with E-state index in [0.29, 0.717) is 12.7 Å². The maximum absolute atomic E-state index is 11.1. The molecule has 0 spiro atoms. The predicted octanol–water partition coefficient (Wildman–Crippen LogP) is 5.25. The van der Waals surface area contributed by atoms with Crippen molar-refractivity contribution in [2.24, 2.45) is 11.8 Å². The van der Waals surface area contributed by atoms with Gasteiger partial charge >= 0.3 is 0 Å². The van der Waals surface area contributed by atoms with Crippen LogP contribution in [-0.2, 0) is 16.1 Å². The molecule has 1 aromatic carbocycles. The van der Waals surface area contributed by atoms with Gasteiger partial charge in [0.25, 0.3) is 0 Å². The van der Waals surface area contributed by atoms with Gasteiger partial charge in [0.2, 0.25) is 5.91 Å². The third kappa shape index (κ3) is 7.12. The molecule has 0 saturated heterocycles. The van der Waals surface area contributed by atoms with Crippen LogP contribution in [0, 0.1) is 11.8 Å². The summed E-state index contributed by atoms with van der Waals surface area (Å²) in [6, 6.07) is 8.67. The fourth-order valence-electron chi connectivity index (χ4n) is 4.30. The number of ether oxygens (including phenoxy) is 2. The van der Waals surface area contributed by atoms with Crippen molar-refractivity contribution < 1.29 is 14.3 Å². The standard InChI is InChI=1S/C24H37NO3/c1-18(25-19(2)26)9-10-20-11-13-23(14-12-20)27-17-22-7-4-8-24(15-22)28-16-21-5-3-6-21/h4,7-8,15,18,20-21,23H,3,5-6,9-14,16-17H2,1-2H3,(H,25,26)/t18-,20?,23?/m0/s1. The molecule has 0 radical (unpaired) electrons. The van der Waals surface area contributed by atoms with Gasteiger partial charge in [0.1, 0.15) is 5.75 Å². The maximum atomic E-state index is 11.1. The fraction of sp³-hybridized carbons (Fsp3) is 0.708. The zero-order chi connectivity index (χ0) is 19.8. The minimum Gasteiger partial charge on any atom is -0.493 e. The number of carbonyl (C=O) groups excluding carboxylic acids is 1. The maximum Gasteiger partial charge on any atom is 0.217 e. The van der Waals surface area contributed by atoms with E-state index in [0.717, 1.165) is 43.5 Å². The Kier molecular flexibility index (Phi) is 8.20. The third-order valence-electron chi connectivity index (χ3n) is 6.35. The molecule has 0 unspecified atom stereocenters. The molecule has 2 aliphatic carbocycles. The van der Waals surface area contributed by atoms with E-state index >= 15 is 0 Å². The lowest BCUT2D eigenvalue weighted by Crippen LogP contribution is -2.31. The normalized spacial score (nSPS) is 23.6. The Morgan fingerprint density at radius 1 is 1.14 bits per heavy atom. The highest BCUT2D eigenvalue weighted by Crippen LogP contribution is 2.31. The summed E-state index contributed by atoms with van der Waals surface area (Å²) in [5, 5.41) is 2.98. The molecule has 1 N–H and O–H groups in total. The van der Waals surface area contributed by atoms with Crippen LogP contribution in [0.4, 0.5) is 0 Å².